The molecule has 1 aliphatic rings. The van der Waals surface area contributed by atoms with Gasteiger partial charge >= 0.3 is 0 Å². The Morgan fingerprint density at radius 3 is 2.90 bits per heavy atom. The van der Waals surface area contributed by atoms with Gasteiger partial charge in [0.05, 0.1) is 34.6 Å². The number of nitrogens with zero attached hydrogens (tertiary/aromatic N) is 4. The number of aromatic nitrogens is 3. The first-order chi connectivity index (χ1) is 15.0. The number of benzene rings is 1. The summed E-state index contributed by atoms with van der Waals surface area (Å²) in [7, 11) is 0. The van der Waals surface area contributed by atoms with Gasteiger partial charge < -0.3 is 4.74 Å². The fraction of sp³-hybridized carbons (Fsp3) is 0.364. The molecule has 3 aromatic heterocycles. The van der Waals surface area contributed by atoms with Gasteiger partial charge in [0.1, 0.15) is 11.4 Å². The second-order valence-corrected chi connectivity index (χ2v) is 9.96. The number of aryl methyl sites for hydroxylation is 2. The Morgan fingerprint density at radius 1 is 1.29 bits per heavy atom. The number of thiazole rings is 1. The number of ether oxygens (including phenoxy) is 1. The molecule has 5 rings (SSSR count). The highest BCUT2D eigenvalue weighted by molar-refractivity contribution is 7.22. The molecule has 1 atom stereocenters. The number of anilines is 1. The number of para-hydroxylation sites is 1. The molecule has 31 heavy (non-hydrogen) atoms. The molecule has 1 aromatic carbocycles. The summed E-state index contributed by atoms with van der Waals surface area (Å²) in [6.45, 7) is 4.96. The average Bonchev–Trinajstić information content (AvgIpc) is 3.48. The van der Waals surface area contributed by atoms with E-state index in [0.29, 0.717) is 28.5 Å². The molecular formula is C22H22N4O3S2. The zero-order valence-corrected chi connectivity index (χ0v) is 19.0. The highest BCUT2D eigenvalue weighted by Gasteiger charge is 2.27. The van der Waals surface area contributed by atoms with Gasteiger partial charge in [-0.1, -0.05) is 23.5 Å². The van der Waals surface area contributed by atoms with Crippen molar-refractivity contribution in [3.63, 3.8) is 0 Å². The molecule has 160 valence electrons. The van der Waals surface area contributed by atoms with Crippen molar-refractivity contribution in [2.45, 2.75) is 39.3 Å². The summed E-state index contributed by atoms with van der Waals surface area (Å²) in [5.74, 6) is -0.192. The molecule has 0 N–H and O–H groups in total. The second kappa shape index (κ2) is 8.14. The van der Waals surface area contributed by atoms with Crippen molar-refractivity contribution in [2.75, 3.05) is 18.1 Å². The van der Waals surface area contributed by atoms with E-state index >= 15 is 0 Å². The lowest BCUT2D eigenvalue weighted by Crippen LogP contribution is -2.41. The summed E-state index contributed by atoms with van der Waals surface area (Å²) in [6.07, 6.45) is 3.36. The predicted molar refractivity (Wildman–Crippen MR) is 124 cm³/mol. The molecule has 1 aliphatic heterocycles. The fourth-order valence-electron chi connectivity index (χ4n) is 3.87. The summed E-state index contributed by atoms with van der Waals surface area (Å²) >= 11 is 2.98. The van der Waals surface area contributed by atoms with Gasteiger partial charge in [-0.05, 0) is 44.4 Å². The molecular weight excluding hydrogens is 432 g/mol. The van der Waals surface area contributed by atoms with Crippen molar-refractivity contribution in [3.8, 4) is 0 Å². The van der Waals surface area contributed by atoms with Crippen molar-refractivity contribution in [1.29, 1.82) is 0 Å². The van der Waals surface area contributed by atoms with E-state index in [1.165, 1.54) is 33.6 Å². The maximum Gasteiger partial charge on any atom is 0.262 e. The number of amides is 1. The summed E-state index contributed by atoms with van der Waals surface area (Å²) in [4.78, 5) is 39.0. The lowest BCUT2D eigenvalue weighted by molar-refractivity contribution is -0.119. The lowest BCUT2D eigenvalue weighted by atomic mass is 10.2. The third kappa shape index (κ3) is 3.77. The molecule has 4 heterocycles. The van der Waals surface area contributed by atoms with E-state index in [0.717, 1.165) is 33.5 Å². The largest absolute Gasteiger partial charge is 0.376 e. The normalized spacial score (nSPS) is 16.4. The quantitative estimate of drug-likeness (QED) is 0.457. The van der Waals surface area contributed by atoms with Crippen molar-refractivity contribution in [1.82, 2.24) is 14.5 Å². The average molecular weight is 455 g/mol. The van der Waals surface area contributed by atoms with Crippen molar-refractivity contribution >= 4 is 54.1 Å². The summed E-state index contributed by atoms with van der Waals surface area (Å²) in [5, 5.41) is 1.23. The smallest absolute Gasteiger partial charge is 0.262 e. The van der Waals surface area contributed by atoms with Crippen molar-refractivity contribution in [3.05, 3.63) is 51.4 Å². The Hall–Kier alpha value is -2.62. The maximum absolute atomic E-state index is 13.4. The van der Waals surface area contributed by atoms with Crippen LogP contribution in [0.5, 0.6) is 0 Å². The Labute approximate surface area is 186 Å². The van der Waals surface area contributed by atoms with Crippen LogP contribution in [0.15, 0.2) is 35.4 Å². The molecule has 0 spiro atoms. The van der Waals surface area contributed by atoms with Crippen molar-refractivity contribution in [2.24, 2.45) is 0 Å². The minimum Gasteiger partial charge on any atom is -0.376 e. The highest BCUT2D eigenvalue weighted by Crippen LogP contribution is 2.30. The SMILES string of the molecule is Cc1sc2ncn(CC(=O)N(CC3CCCO3)c3nc4ccccc4s3)c(=O)c2c1C. The summed E-state index contributed by atoms with van der Waals surface area (Å²) < 4.78 is 8.21. The third-order valence-corrected chi connectivity index (χ3v) is 7.86. The van der Waals surface area contributed by atoms with Crippen LogP contribution in [0.25, 0.3) is 20.4 Å². The molecule has 0 saturated carbocycles. The van der Waals surface area contributed by atoms with Gasteiger partial charge in [-0.3, -0.25) is 19.1 Å². The van der Waals surface area contributed by atoms with Gasteiger partial charge in [0.25, 0.3) is 5.56 Å². The predicted octanol–water partition coefficient (Wildman–Crippen LogP) is 3.90. The molecule has 0 aliphatic carbocycles. The van der Waals surface area contributed by atoms with Gasteiger partial charge in [0.2, 0.25) is 5.91 Å². The summed E-state index contributed by atoms with van der Waals surface area (Å²) in [6, 6.07) is 7.83. The lowest BCUT2D eigenvalue weighted by Gasteiger charge is -2.23. The number of carbonyl (C=O) groups is 1. The van der Waals surface area contributed by atoms with E-state index in [2.05, 4.69) is 9.97 Å². The van der Waals surface area contributed by atoms with Crippen LogP contribution in [0.4, 0.5) is 5.13 Å². The molecule has 4 aromatic rings. The minimum atomic E-state index is -0.192. The fourth-order valence-corrected chi connectivity index (χ4v) is 5.85. The second-order valence-electron chi connectivity index (χ2n) is 7.74. The zero-order chi connectivity index (χ0) is 21.5. The molecule has 1 fully saturated rings. The van der Waals surface area contributed by atoms with E-state index in [9.17, 15) is 9.59 Å². The van der Waals surface area contributed by atoms with Crippen LogP contribution in [0.3, 0.4) is 0 Å². The van der Waals surface area contributed by atoms with Crippen LogP contribution in [0.1, 0.15) is 23.3 Å². The van der Waals surface area contributed by atoms with E-state index < -0.39 is 0 Å². The Kier molecular flexibility index (Phi) is 5.33. The molecule has 1 saturated heterocycles. The molecule has 0 radical (unpaired) electrons. The number of hydrogen-bond acceptors (Lipinski definition) is 7. The van der Waals surface area contributed by atoms with E-state index in [1.807, 2.05) is 38.1 Å². The summed E-state index contributed by atoms with van der Waals surface area (Å²) in [5.41, 5.74) is 1.61. The van der Waals surface area contributed by atoms with Gasteiger partial charge in [-0.15, -0.1) is 11.3 Å². The number of rotatable bonds is 5. The Balaban J connectivity index is 1.49. The molecule has 1 unspecified atom stereocenters. The number of hydrogen-bond donors (Lipinski definition) is 0. The van der Waals surface area contributed by atoms with Gasteiger partial charge in [-0.2, -0.15) is 0 Å². The minimum absolute atomic E-state index is 0.0185. The van der Waals surface area contributed by atoms with Crippen molar-refractivity contribution < 1.29 is 9.53 Å². The van der Waals surface area contributed by atoms with E-state index in [-0.39, 0.29) is 24.1 Å². The van der Waals surface area contributed by atoms with Crippen LogP contribution >= 0.6 is 22.7 Å². The molecule has 1 amide bonds. The highest BCUT2D eigenvalue weighted by atomic mass is 32.1. The standard InChI is InChI=1S/C22H22N4O3S2/c1-13-14(2)30-20-19(13)21(28)25(12-23-20)11-18(27)26(10-15-6-5-9-29-15)22-24-16-7-3-4-8-17(16)31-22/h3-4,7-8,12,15H,5-6,9-11H2,1-2H3. The first-order valence-electron chi connectivity index (χ1n) is 10.2. The Morgan fingerprint density at radius 2 is 2.13 bits per heavy atom. The van der Waals surface area contributed by atoms with Crippen LogP contribution in [0.2, 0.25) is 0 Å². The molecule has 7 nitrogen and oxygen atoms in total. The van der Waals surface area contributed by atoms with Gasteiger partial charge in [0.15, 0.2) is 5.13 Å². The van der Waals surface area contributed by atoms with Crippen LogP contribution in [0, 0.1) is 13.8 Å². The van der Waals surface area contributed by atoms with Crippen LogP contribution in [-0.2, 0) is 16.1 Å². The van der Waals surface area contributed by atoms with Gasteiger partial charge in [0, 0.05) is 11.5 Å². The van der Waals surface area contributed by atoms with Crippen LogP contribution in [-0.4, -0.2) is 39.7 Å². The number of fused-ring (bicyclic) bond motifs is 2. The number of carbonyl (C=O) groups excluding carboxylic acids is 1. The van der Waals surface area contributed by atoms with E-state index in [1.54, 1.807) is 4.90 Å². The third-order valence-electron chi connectivity index (χ3n) is 5.69. The topological polar surface area (TPSA) is 77.3 Å². The first kappa shape index (κ1) is 20.3. The Bertz CT molecular complexity index is 1300. The maximum atomic E-state index is 13.4. The zero-order valence-electron chi connectivity index (χ0n) is 17.3. The first-order valence-corrected chi connectivity index (χ1v) is 11.9. The van der Waals surface area contributed by atoms with Gasteiger partial charge in [-0.25, -0.2) is 9.97 Å². The number of thiophene rings is 1. The molecule has 9 heteroatoms. The monoisotopic (exact) mass is 454 g/mol. The van der Waals surface area contributed by atoms with E-state index in [4.69, 9.17) is 4.74 Å². The molecule has 0 bridgehead atoms. The van der Waals surface area contributed by atoms with Crippen LogP contribution < -0.4 is 10.5 Å².